The van der Waals surface area contributed by atoms with Crippen LogP contribution in [0.25, 0.3) is 5.65 Å². The van der Waals surface area contributed by atoms with Crippen molar-refractivity contribution in [3.63, 3.8) is 0 Å². The Balaban J connectivity index is 2.83. The van der Waals surface area contributed by atoms with Gasteiger partial charge >= 0.3 is 0 Å². The van der Waals surface area contributed by atoms with Gasteiger partial charge in [0.25, 0.3) is 5.56 Å². The van der Waals surface area contributed by atoms with Crippen molar-refractivity contribution >= 4 is 17.4 Å². The van der Waals surface area contributed by atoms with Crippen LogP contribution in [0.4, 0.5) is 0 Å². The van der Waals surface area contributed by atoms with Gasteiger partial charge in [-0.1, -0.05) is 0 Å². The summed E-state index contributed by atoms with van der Waals surface area (Å²) in [5.41, 5.74) is 0.159. The highest BCUT2D eigenvalue weighted by Gasteiger charge is 2.04. The molecule has 0 radical (unpaired) electrons. The molecule has 2 N–H and O–H groups in total. The topological polar surface area (TPSA) is 70.4 Å². The van der Waals surface area contributed by atoms with Crippen molar-refractivity contribution in [1.29, 1.82) is 0 Å². The first-order chi connectivity index (χ1) is 6.20. The van der Waals surface area contributed by atoms with E-state index >= 15 is 0 Å². The van der Waals surface area contributed by atoms with E-state index in [1.54, 1.807) is 6.07 Å². The van der Waals surface area contributed by atoms with Gasteiger partial charge in [0.15, 0.2) is 0 Å². The van der Waals surface area contributed by atoms with Gasteiger partial charge in [-0.15, -0.1) is 11.8 Å². The van der Waals surface area contributed by atoms with E-state index in [4.69, 9.17) is 0 Å². The van der Waals surface area contributed by atoms with Gasteiger partial charge in [0.05, 0.1) is 6.07 Å². The van der Waals surface area contributed by atoms with E-state index in [0.717, 1.165) is 11.1 Å². The molecule has 0 saturated heterocycles. The first kappa shape index (κ1) is 8.18. The number of H-pyrrole nitrogens is 1. The van der Waals surface area contributed by atoms with E-state index in [0.29, 0.717) is 5.65 Å². The standard InChI is InChI=1S/C7H7N3O2S/c1-13-6-2-4-8-5(11)3-7(12)10(4)9-6/h2-3,12H,1H3,(H,8,11). The fourth-order valence-electron chi connectivity index (χ4n) is 1.06. The largest absolute Gasteiger partial charge is 0.493 e. The highest BCUT2D eigenvalue weighted by atomic mass is 32.2. The molecule has 2 aromatic heterocycles. The zero-order valence-electron chi connectivity index (χ0n) is 6.81. The van der Waals surface area contributed by atoms with Crippen LogP contribution in [0.5, 0.6) is 5.88 Å². The van der Waals surface area contributed by atoms with Crippen molar-refractivity contribution in [3.05, 3.63) is 22.5 Å². The fourth-order valence-corrected chi connectivity index (χ4v) is 1.46. The van der Waals surface area contributed by atoms with Crippen LogP contribution >= 0.6 is 11.8 Å². The van der Waals surface area contributed by atoms with Gasteiger partial charge < -0.3 is 10.1 Å². The summed E-state index contributed by atoms with van der Waals surface area (Å²) in [6, 6.07) is 2.79. The van der Waals surface area contributed by atoms with Crippen LogP contribution < -0.4 is 5.56 Å². The summed E-state index contributed by atoms with van der Waals surface area (Å²) in [7, 11) is 0. The molecule has 2 aromatic rings. The minimum absolute atomic E-state index is 0.154. The summed E-state index contributed by atoms with van der Waals surface area (Å²) in [6.45, 7) is 0. The lowest BCUT2D eigenvalue weighted by Gasteiger charge is -1.94. The maximum atomic E-state index is 10.9. The number of hydrogen-bond acceptors (Lipinski definition) is 4. The van der Waals surface area contributed by atoms with Crippen LogP contribution in [0.2, 0.25) is 0 Å². The average Bonchev–Trinajstić information content (AvgIpc) is 2.47. The lowest BCUT2D eigenvalue weighted by atomic mass is 10.6. The summed E-state index contributed by atoms with van der Waals surface area (Å²) >= 11 is 1.44. The summed E-state index contributed by atoms with van der Waals surface area (Å²) < 4.78 is 1.28. The van der Waals surface area contributed by atoms with Crippen LogP contribution in [-0.4, -0.2) is 26.0 Å². The Kier molecular flexibility index (Phi) is 1.77. The summed E-state index contributed by atoms with van der Waals surface area (Å²) in [4.78, 5) is 13.5. The molecule has 0 saturated carbocycles. The molecular weight excluding hydrogens is 190 g/mol. The number of aromatic hydroxyl groups is 1. The highest BCUT2D eigenvalue weighted by molar-refractivity contribution is 7.98. The molecule has 0 aliphatic carbocycles. The van der Waals surface area contributed by atoms with Crippen LogP contribution in [0.15, 0.2) is 22.0 Å². The molecule has 13 heavy (non-hydrogen) atoms. The molecule has 0 unspecified atom stereocenters. The van der Waals surface area contributed by atoms with Crippen LogP contribution in [-0.2, 0) is 0 Å². The van der Waals surface area contributed by atoms with E-state index in [1.165, 1.54) is 16.3 Å². The van der Waals surface area contributed by atoms with Crippen molar-refractivity contribution in [3.8, 4) is 5.88 Å². The second-order valence-electron chi connectivity index (χ2n) is 2.48. The lowest BCUT2D eigenvalue weighted by molar-refractivity contribution is 0.433. The van der Waals surface area contributed by atoms with Crippen molar-refractivity contribution in [1.82, 2.24) is 14.6 Å². The van der Waals surface area contributed by atoms with Crippen LogP contribution in [0.1, 0.15) is 0 Å². The Labute approximate surface area is 77.4 Å². The first-order valence-corrected chi connectivity index (χ1v) is 4.79. The number of nitrogens with one attached hydrogen (secondary N) is 1. The molecule has 68 valence electrons. The smallest absolute Gasteiger partial charge is 0.254 e. The maximum absolute atomic E-state index is 10.9. The van der Waals surface area contributed by atoms with Crippen molar-refractivity contribution in [2.45, 2.75) is 5.03 Å². The molecule has 0 aliphatic heterocycles. The number of aromatic amines is 1. The molecule has 0 spiro atoms. The minimum atomic E-state index is -0.336. The van der Waals surface area contributed by atoms with E-state index in [1.807, 2.05) is 6.26 Å². The van der Waals surface area contributed by atoms with Gasteiger partial charge in [-0.2, -0.15) is 9.61 Å². The monoisotopic (exact) mass is 197 g/mol. The van der Waals surface area contributed by atoms with Gasteiger partial charge in [-0.3, -0.25) is 4.79 Å². The average molecular weight is 197 g/mol. The summed E-state index contributed by atoms with van der Waals surface area (Å²) in [6.07, 6.45) is 1.87. The molecule has 6 heteroatoms. The highest BCUT2D eigenvalue weighted by Crippen LogP contribution is 2.16. The Morgan fingerprint density at radius 3 is 3.08 bits per heavy atom. The molecule has 2 rings (SSSR count). The molecule has 2 heterocycles. The third-order valence-corrected chi connectivity index (χ3v) is 2.24. The van der Waals surface area contributed by atoms with Crippen LogP contribution in [0, 0.1) is 0 Å². The zero-order chi connectivity index (χ0) is 9.42. The Hall–Kier alpha value is -1.43. The van der Waals surface area contributed by atoms with Crippen LogP contribution in [0.3, 0.4) is 0 Å². The minimum Gasteiger partial charge on any atom is -0.493 e. The van der Waals surface area contributed by atoms with Crippen molar-refractivity contribution < 1.29 is 5.11 Å². The number of thioether (sulfide) groups is 1. The number of nitrogens with zero attached hydrogens (tertiary/aromatic N) is 2. The summed E-state index contributed by atoms with van der Waals surface area (Å²) in [5.74, 6) is -0.154. The second-order valence-corrected chi connectivity index (χ2v) is 3.30. The number of hydrogen-bond donors (Lipinski definition) is 2. The predicted octanol–water partition coefficient (Wildman–Crippen LogP) is 0.450. The van der Waals surface area contributed by atoms with Gasteiger partial charge in [0, 0.05) is 6.07 Å². The number of fused-ring (bicyclic) bond motifs is 1. The van der Waals surface area contributed by atoms with E-state index in [-0.39, 0.29) is 11.4 Å². The molecular formula is C7H7N3O2S. The first-order valence-electron chi connectivity index (χ1n) is 3.57. The van der Waals surface area contributed by atoms with E-state index in [9.17, 15) is 9.90 Å². The van der Waals surface area contributed by atoms with Gasteiger partial charge in [0.1, 0.15) is 10.7 Å². The molecule has 0 atom stereocenters. The third kappa shape index (κ3) is 1.29. The molecule has 0 fully saturated rings. The zero-order valence-corrected chi connectivity index (χ0v) is 7.63. The lowest BCUT2D eigenvalue weighted by Crippen LogP contribution is -2.06. The predicted molar refractivity (Wildman–Crippen MR) is 49.3 cm³/mol. The van der Waals surface area contributed by atoms with Gasteiger partial charge in [-0.25, -0.2) is 0 Å². The number of aromatic nitrogens is 3. The fraction of sp³-hybridized carbons (Fsp3) is 0.143. The second kappa shape index (κ2) is 2.81. The Bertz CT molecular complexity index is 502. The van der Waals surface area contributed by atoms with Crippen molar-refractivity contribution in [2.75, 3.05) is 6.26 Å². The third-order valence-electron chi connectivity index (χ3n) is 1.62. The number of rotatable bonds is 1. The Morgan fingerprint density at radius 1 is 1.62 bits per heavy atom. The van der Waals surface area contributed by atoms with Crippen molar-refractivity contribution in [2.24, 2.45) is 0 Å². The molecule has 0 amide bonds. The quantitative estimate of drug-likeness (QED) is 0.651. The van der Waals surface area contributed by atoms with E-state index < -0.39 is 0 Å². The molecule has 0 bridgehead atoms. The Morgan fingerprint density at radius 2 is 2.38 bits per heavy atom. The summed E-state index contributed by atoms with van der Waals surface area (Å²) in [5, 5.41) is 14.1. The SMILES string of the molecule is CSc1cc2[nH]c(=O)cc(O)n2n1. The molecule has 0 aliphatic rings. The van der Waals surface area contributed by atoms with Gasteiger partial charge in [-0.05, 0) is 6.26 Å². The normalized spacial score (nSPS) is 10.8. The maximum Gasteiger partial charge on any atom is 0.254 e. The molecule has 5 nitrogen and oxygen atoms in total. The van der Waals surface area contributed by atoms with Gasteiger partial charge in [0.2, 0.25) is 5.88 Å². The molecule has 0 aromatic carbocycles. The van der Waals surface area contributed by atoms with E-state index in [2.05, 4.69) is 10.1 Å².